The highest BCUT2D eigenvalue weighted by molar-refractivity contribution is 5.96. The van der Waals surface area contributed by atoms with Gasteiger partial charge in [0.15, 0.2) is 0 Å². The summed E-state index contributed by atoms with van der Waals surface area (Å²) < 4.78 is 5.13. The first-order chi connectivity index (χ1) is 10.7. The Morgan fingerprint density at radius 1 is 1.14 bits per heavy atom. The van der Waals surface area contributed by atoms with E-state index < -0.39 is 0 Å². The number of amides is 2. The first-order valence-corrected chi connectivity index (χ1v) is 7.36. The standard InChI is InChI=1S/C17H18N2O3/c20-16(18-11-15-6-3-9-22-15)10-17(21)19-8-7-13-4-1-2-5-14(13)12-19/h1-6,9H,7-8,10-12H2,(H,18,20). The minimum Gasteiger partial charge on any atom is -0.467 e. The third kappa shape index (κ3) is 3.36. The third-order valence-corrected chi connectivity index (χ3v) is 3.84. The molecule has 0 radical (unpaired) electrons. The summed E-state index contributed by atoms with van der Waals surface area (Å²) in [6.07, 6.45) is 2.27. The van der Waals surface area contributed by atoms with Gasteiger partial charge in [-0.25, -0.2) is 0 Å². The number of nitrogens with zero attached hydrogens (tertiary/aromatic N) is 1. The average molecular weight is 298 g/mol. The minimum atomic E-state index is -0.278. The zero-order valence-corrected chi connectivity index (χ0v) is 12.2. The zero-order valence-electron chi connectivity index (χ0n) is 12.2. The van der Waals surface area contributed by atoms with Crippen LogP contribution in [0.1, 0.15) is 23.3 Å². The molecule has 0 unspecified atom stereocenters. The van der Waals surface area contributed by atoms with Crippen molar-refractivity contribution in [2.75, 3.05) is 6.54 Å². The molecule has 0 atom stereocenters. The van der Waals surface area contributed by atoms with Crippen molar-refractivity contribution < 1.29 is 14.0 Å². The van der Waals surface area contributed by atoms with E-state index in [-0.39, 0.29) is 18.2 Å². The lowest BCUT2D eigenvalue weighted by molar-refractivity contribution is -0.136. The summed E-state index contributed by atoms with van der Waals surface area (Å²) in [5.41, 5.74) is 2.45. The molecule has 0 saturated carbocycles. The van der Waals surface area contributed by atoms with Crippen molar-refractivity contribution in [3.05, 3.63) is 59.5 Å². The van der Waals surface area contributed by atoms with Crippen molar-refractivity contribution in [1.82, 2.24) is 10.2 Å². The maximum atomic E-state index is 12.2. The summed E-state index contributed by atoms with van der Waals surface area (Å²) in [4.78, 5) is 25.8. The van der Waals surface area contributed by atoms with Crippen LogP contribution in [0.15, 0.2) is 47.1 Å². The fourth-order valence-electron chi connectivity index (χ4n) is 2.62. The molecule has 0 spiro atoms. The summed E-state index contributed by atoms with van der Waals surface area (Å²) in [7, 11) is 0. The Bertz CT molecular complexity index is 664. The third-order valence-electron chi connectivity index (χ3n) is 3.84. The summed E-state index contributed by atoms with van der Waals surface area (Å²) in [5, 5.41) is 2.69. The molecule has 0 aliphatic carbocycles. The highest BCUT2D eigenvalue weighted by Crippen LogP contribution is 2.18. The van der Waals surface area contributed by atoms with Crippen molar-refractivity contribution in [1.29, 1.82) is 0 Å². The molecule has 0 saturated heterocycles. The van der Waals surface area contributed by atoms with Crippen molar-refractivity contribution in [2.45, 2.75) is 25.9 Å². The number of rotatable bonds is 4. The van der Waals surface area contributed by atoms with Crippen LogP contribution in [0.25, 0.3) is 0 Å². The van der Waals surface area contributed by atoms with Gasteiger partial charge >= 0.3 is 0 Å². The molecule has 2 aromatic rings. The average Bonchev–Trinajstić information content (AvgIpc) is 3.06. The number of fused-ring (bicyclic) bond motifs is 1. The molecule has 2 heterocycles. The van der Waals surface area contributed by atoms with E-state index in [4.69, 9.17) is 4.42 Å². The number of hydrogen-bond donors (Lipinski definition) is 1. The van der Waals surface area contributed by atoms with Crippen LogP contribution in [0.2, 0.25) is 0 Å². The SMILES string of the molecule is O=C(CC(=O)N1CCc2ccccc2C1)NCc1ccco1. The Balaban J connectivity index is 1.51. The lowest BCUT2D eigenvalue weighted by Gasteiger charge is -2.28. The van der Waals surface area contributed by atoms with E-state index in [0.29, 0.717) is 25.4 Å². The fourth-order valence-corrected chi connectivity index (χ4v) is 2.62. The molecule has 3 rings (SSSR count). The Hall–Kier alpha value is -2.56. The van der Waals surface area contributed by atoms with E-state index in [2.05, 4.69) is 11.4 Å². The molecule has 1 aliphatic heterocycles. The van der Waals surface area contributed by atoms with Gasteiger partial charge in [-0.05, 0) is 29.7 Å². The lowest BCUT2D eigenvalue weighted by atomic mass is 10.00. The van der Waals surface area contributed by atoms with Crippen LogP contribution in [-0.4, -0.2) is 23.3 Å². The molecule has 1 aromatic heterocycles. The van der Waals surface area contributed by atoms with Crippen molar-refractivity contribution in [3.8, 4) is 0 Å². The van der Waals surface area contributed by atoms with E-state index >= 15 is 0 Å². The van der Waals surface area contributed by atoms with Gasteiger partial charge < -0.3 is 14.6 Å². The number of furan rings is 1. The topological polar surface area (TPSA) is 62.6 Å². The molecule has 0 bridgehead atoms. The summed E-state index contributed by atoms with van der Waals surface area (Å²) in [5.74, 6) is 0.263. The summed E-state index contributed by atoms with van der Waals surface area (Å²) >= 11 is 0. The van der Waals surface area contributed by atoms with E-state index in [1.165, 1.54) is 5.56 Å². The summed E-state index contributed by atoms with van der Waals surface area (Å²) in [6.45, 7) is 1.56. The molecule has 2 amide bonds. The van der Waals surface area contributed by atoms with Gasteiger partial charge in [-0.15, -0.1) is 0 Å². The number of nitrogens with one attached hydrogen (secondary N) is 1. The van der Waals surface area contributed by atoms with Crippen molar-refractivity contribution in [2.24, 2.45) is 0 Å². The Morgan fingerprint density at radius 2 is 1.95 bits per heavy atom. The maximum absolute atomic E-state index is 12.2. The summed E-state index contributed by atoms with van der Waals surface area (Å²) in [6, 6.07) is 11.7. The number of carbonyl (C=O) groups excluding carboxylic acids is 2. The van der Waals surface area contributed by atoms with Gasteiger partial charge in [0.2, 0.25) is 11.8 Å². The van der Waals surface area contributed by atoms with Crippen LogP contribution in [0.3, 0.4) is 0 Å². The second-order valence-electron chi connectivity index (χ2n) is 5.37. The van der Waals surface area contributed by atoms with Gasteiger partial charge in [0.1, 0.15) is 12.2 Å². The maximum Gasteiger partial charge on any atom is 0.232 e. The van der Waals surface area contributed by atoms with Crippen LogP contribution >= 0.6 is 0 Å². The molecular formula is C17H18N2O3. The first kappa shape index (κ1) is 14.4. The minimum absolute atomic E-state index is 0.122. The second kappa shape index (κ2) is 6.47. The van der Waals surface area contributed by atoms with Gasteiger partial charge in [0.25, 0.3) is 0 Å². The molecule has 1 aromatic carbocycles. The molecule has 5 nitrogen and oxygen atoms in total. The Kier molecular flexibility index (Phi) is 4.23. The van der Waals surface area contributed by atoms with Crippen LogP contribution in [0.5, 0.6) is 0 Å². The fraction of sp³-hybridized carbons (Fsp3) is 0.294. The Morgan fingerprint density at radius 3 is 2.73 bits per heavy atom. The van der Waals surface area contributed by atoms with Crippen molar-refractivity contribution >= 4 is 11.8 Å². The van der Waals surface area contributed by atoms with Crippen LogP contribution in [0, 0.1) is 0 Å². The Labute approximate surface area is 128 Å². The van der Waals surface area contributed by atoms with Gasteiger partial charge in [0.05, 0.1) is 12.8 Å². The molecule has 114 valence electrons. The van der Waals surface area contributed by atoms with Crippen LogP contribution in [-0.2, 0) is 29.1 Å². The largest absolute Gasteiger partial charge is 0.467 e. The van der Waals surface area contributed by atoms with Gasteiger partial charge in [-0.3, -0.25) is 9.59 Å². The van der Waals surface area contributed by atoms with Gasteiger partial charge in [-0.2, -0.15) is 0 Å². The lowest BCUT2D eigenvalue weighted by Crippen LogP contribution is -2.38. The molecule has 1 N–H and O–H groups in total. The van der Waals surface area contributed by atoms with Gasteiger partial charge in [-0.1, -0.05) is 24.3 Å². The van der Waals surface area contributed by atoms with E-state index in [0.717, 1.165) is 12.0 Å². The highest BCUT2D eigenvalue weighted by atomic mass is 16.3. The smallest absolute Gasteiger partial charge is 0.232 e. The van der Waals surface area contributed by atoms with Gasteiger partial charge in [0, 0.05) is 13.1 Å². The number of carbonyl (C=O) groups is 2. The number of hydrogen-bond acceptors (Lipinski definition) is 3. The molecule has 22 heavy (non-hydrogen) atoms. The van der Waals surface area contributed by atoms with E-state index in [9.17, 15) is 9.59 Å². The van der Waals surface area contributed by atoms with E-state index in [1.54, 1.807) is 23.3 Å². The molecule has 0 fully saturated rings. The van der Waals surface area contributed by atoms with Crippen LogP contribution in [0.4, 0.5) is 0 Å². The second-order valence-corrected chi connectivity index (χ2v) is 5.37. The molecule has 5 heteroatoms. The van der Waals surface area contributed by atoms with E-state index in [1.807, 2.05) is 18.2 Å². The predicted molar refractivity (Wildman–Crippen MR) is 80.7 cm³/mol. The normalized spacial score (nSPS) is 13.5. The first-order valence-electron chi connectivity index (χ1n) is 7.36. The number of benzene rings is 1. The quantitative estimate of drug-likeness (QED) is 0.877. The van der Waals surface area contributed by atoms with Crippen molar-refractivity contribution in [3.63, 3.8) is 0 Å². The van der Waals surface area contributed by atoms with Crippen LogP contribution < -0.4 is 5.32 Å². The zero-order chi connectivity index (χ0) is 15.4. The monoisotopic (exact) mass is 298 g/mol. The molecular weight excluding hydrogens is 280 g/mol. The predicted octanol–water partition coefficient (Wildman–Crippen LogP) is 1.87. The molecule has 1 aliphatic rings. The highest BCUT2D eigenvalue weighted by Gasteiger charge is 2.22.